The van der Waals surface area contributed by atoms with Crippen LogP contribution < -0.4 is 28.3 Å². The van der Waals surface area contributed by atoms with Crippen LogP contribution in [0.3, 0.4) is 0 Å². The molecule has 3 aromatic carbocycles. The molecule has 0 amide bonds. The number of carboxylic acids is 1. The number of ether oxygens (including phenoxy) is 2. The number of hydrogen-bond acceptors (Lipinski definition) is 4. The molecule has 0 spiro atoms. The van der Waals surface area contributed by atoms with E-state index < -0.39 is 5.97 Å². The maximum atomic E-state index is 11.4. The molecular formula is C27H30LiNO4. The SMILES string of the molecule is COc1ccc(C2(c3ccc(OC)cc3)CCCN(Cc3cccc(C(=O)O)c3)C2)cc1.[H-].[Li+]. The second-order valence-corrected chi connectivity index (χ2v) is 8.36. The first-order valence-corrected chi connectivity index (χ1v) is 10.9. The number of carbonyl (C=O) groups is 1. The van der Waals surface area contributed by atoms with E-state index >= 15 is 0 Å². The topological polar surface area (TPSA) is 59.0 Å². The van der Waals surface area contributed by atoms with E-state index in [1.807, 2.05) is 36.4 Å². The van der Waals surface area contributed by atoms with Crippen LogP contribution in [0.4, 0.5) is 0 Å². The molecule has 1 N–H and O–H groups in total. The first-order chi connectivity index (χ1) is 15.5. The standard InChI is InChI=1S/C27H29NO4.Li.H/c1-31-24-11-7-22(8-12-24)27(23-9-13-25(32-2)14-10-23)15-4-16-28(19-27)18-20-5-3-6-21(17-20)26(29)30;;/h3,5-14,17H,4,15-16,18-19H2,1-2H3,(H,29,30);;/q;+1;-1. The summed E-state index contributed by atoms with van der Waals surface area (Å²) in [6, 6.07) is 24.0. The van der Waals surface area contributed by atoms with E-state index in [-0.39, 0.29) is 25.7 Å². The average molecular weight is 439 g/mol. The molecule has 5 nitrogen and oxygen atoms in total. The van der Waals surface area contributed by atoms with Gasteiger partial charge in [-0.15, -0.1) is 0 Å². The largest absolute Gasteiger partial charge is 1.00 e. The van der Waals surface area contributed by atoms with Crippen molar-refractivity contribution in [2.45, 2.75) is 24.8 Å². The number of piperidine rings is 1. The molecular weight excluding hydrogens is 409 g/mol. The fourth-order valence-electron chi connectivity index (χ4n) is 4.80. The van der Waals surface area contributed by atoms with E-state index in [4.69, 9.17) is 9.47 Å². The third-order valence-corrected chi connectivity index (χ3v) is 6.44. The van der Waals surface area contributed by atoms with Crippen LogP contribution in [0.15, 0.2) is 72.8 Å². The van der Waals surface area contributed by atoms with Crippen molar-refractivity contribution in [3.05, 3.63) is 95.1 Å². The van der Waals surface area contributed by atoms with Crippen molar-refractivity contribution in [3.63, 3.8) is 0 Å². The first kappa shape index (κ1) is 24.9. The minimum atomic E-state index is -0.892. The zero-order chi connectivity index (χ0) is 22.6. The Kier molecular flexibility index (Phi) is 8.26. The molecule has 0 aliphatic carbocycles. The molecule has 1 heterocycles. The van der Waals surface area contributed by atoms with Crippen molar-refractivity contribution >= 4 is 5.97 Å². The van der Waals surface area contributed by atoms with Crippen molar-refractivity contribution in [3.8, 4) is 11.5 Å². The van der Waals surface area contributed by atoms with E-state index in [1.165, 1.54) is 11.1 Å². The van der Waals surface area contributed by atoms with Crippen LogP contribution in [0, 0.1) is 0 Å². The summed E-state index contributed by atoms with van der Waals surface area (Å²) in [7, 11) is 3.36. The number of nitrogens with zero attached hydrogens (tertiary/aromatic N) is 1. The maximum absolute atomic E-state index is 11.4. The van der Waals surface area contributed by atoms with Crippen LogP contribution in [-0.4, -0.2) is 43.3 Å². The molecule has 0 saturated carbocycles. The van der Waals surface area contributed by atoms with Gasteiger partial charge in [0, 0.05) is 18.5 Å². The average Bonchev–Trinajstić information content (AvgIpc) is 2.84. The molecule has 1 saturated heterocycles. The molecule has 1 fully saturated rings. The molecule has 33 heavy (non-hydrogen) atoms. The Hall–Kier alpha value is -2.71. The Bertz CT molecular complexity index is 1030. The molecule has 3 aromatic rings. The number of aromatic carboxylic acids is 1. The number of carboxylic acid groups (broad SMARTS) is 1. The van der Waals surface area contributed by atoms with Gasteiger partial charge < -0.3 is 16.0 Å². The summed E-state index contributed by atoms with van der Waals surface area (Å²) in [5.74, 6) is 0.796. The summed E-state index contributed by atoms with van der Waals surface area (Å²) in [5, 5.41) is 9.35. The molecule has 1 aliphatic heterocycles. The van der Waals surface area contributed by atoms with Gasteiger partial charge in [0.05, 0.1) is 19.8 Å². The Morgan fingerprint density at radius 1 is 0.970 bits per heavy atom. The maximum Gasteiger partial charge on any atom is 1.00 e. The summed E-state index contributed by atoms with van der Waals surface area (Å²) >= 11 is 0. The van der Waals surface area contributed by atoms with Gasteiger partial charge in [0.15, 0.2) is 0 Å². The van der Waals surface area contributed by atoms with Crippen molar-refractivity contribution < 1.29 is 39.7 Å². The van der Waals surface area contributed by atoms with Crippen molar-refractivity contribution in [1.29, 1.82) is 0 Å². The molecule has 0 unspecified atom stereocenters. The summed E-state index contributed by atoms with van der Waals surface area (Å²) in [5.41, 5.74) is 3.70. The van der Waals surface area contributed by atoms with Gasteiger partial charge in [0.25, 0.3) is 0 Å². The zero-order valence-corrected chi connectivity index (χ0v) is 19.6. The Morgan fingerprint density at radius 2 is 1.55 bits per heavy atom. The third-order valence-electron chi connectivity index (χ3n) is 6.44. The van der Waals surface area contributed by atoms with E-state index in [0.717, 1.165) is 49.5 Å². The van der Waals surface area contributed by atoms with E-state index in [9.17, 15) is 9.90 Å². The van der Waals surface area contributed by atoms with Gasteiger partial charge in [-0.05, 0) is 72.5 Å². The second-order valence-electron chi connectivity index (χ2n) is 8.36. The molecule has 6 heteroatoms. The van der Waals surface area contributed by atoms with Gasteiger partial charge in [-0.25, -0.2) is 4.79 Å². The molecule has 0 atom stereocenters. The van der Waals surface area contributed by atoms with Gasteiger partial charge in [-0.1, -0.05) is 36.4 Å². The van der Waals surface area contributed by atoms with E-state index in [1.54, 1.807) is 26.4 Å². The summed E-state index contributed by atoms with van der Waals surface area (Å²) in [6.07, 6.45) is 2.09. The molecule has 4 rings (SSSR count). The molecule has 0 radical (unpaired) electrons. The number of benzene rings is 3. The van der Waals surface area contributed by atoms with Crippen molar-refractivity contribution in [1.82, 2.24) is 4.90 Å². The molecule has 1 aliphatic rings. The van der Waals surface area contributed by atoms with Gasteiger partial charge in [-0.3, -0.25) is 4.90 Å². The fraction of sp³-hybridized carbons (Fsp3) is 0.296. The van der Waals surface area contributed by atoms with E-state index in [0.29, 0.717) is 5.56 Å². The van der Waals surface area contributed by atoms with Crippen molar-refractivity contribution in [2.24, 2.45) is 0 Å². The molecule has 168 valence electrons. The summed E-state index contributed by atoms with van der Waals surface area (Å²) < 4.78 is 10.8. The van der Waals surface area contributed by atoms with Crippen LogP contribution in [0.2, 0.25) is 0 Å². The minimum Gasteiger partial charge on any atom is -1.00 e. The van der Waals surface area contributed by atoms with Crippen LogP contribution >= 0.6 is 0 Å². The number of hydrogen-bond donors (Lipinski definition) is 1. The van der Waals surface area contributed by atoms with Crippen LogP contribution in [-0.2, 0) is 12.0 Å². The second kappa shape index (κ2) is 10.9. The van der Waals surface area contributed by atoms with Gasteiger partial charge in [0.1, 0.15) is 11.5 Å². The Balaban J connectivity index is 0.00000204. The van der Waals surface area contributed by atoms with Gasteiger partial charge in [0.2, 0.25) is 0 Å². The van der Waals surface area contributed by atoms with Crippen LogP contribution in [0.5, 0.6) is 11.5 Å². The Morgan fingerprint density at radius 3 is 2.06 bits per heavy atom. The quantitative estimate of drug-likeness (QED) is 0.572. The Labute approximate surface area is 209 Å². The number of rotatable bonds is 7. The molecule has 0 aromatic heterocycles. The third kappa shape index (κ3) is 5.44. The molecule has 0 bridgehead atoms. The van der Waals surface area contributed by atoms with E-state index in [2.05, 4.69) is 29.2 Å². The minimum absolute atomic E-state index is 0. The number of methoxy groups -OCH3 is 2. The van der Waals surface area contributed by atoms with Gasteiger partial charge in [-0.2, -0.15) is 0 Å². The zero-order valence-electron chi connectivity index (χ0n) is 20.6. The predicted octanol–water partition coefficient (Wildman–Crippen LogP) is 2.10. The monoisotopic (exact) mass is 439 g/mol. The summed E-state index contributed by atoms with van der Waals surface area (Å²) in [4.78, 5) is 13.8. The smallest absolute Gasteiger partial charge is 1.00 e. The van der Waals surface area contributed by atoms with Gasteiger partial charge >= 0.3 is 24.8 Å². The fourth-order valence-corrected chi connectivity index (χ4v) is 4.80. The van der Waals surface area contributed by atoms with Crippen LogP contribution in [0.25, 0.3) is 0 Å². The van der Waals surface area contributed by atoms with Crippen molar-refractivity contribution in [2.75, 3.05) is 27.3 Å². The number of likely N-dealkylation sites (tertiary alicyclic amines) is 1. The first-order valence-electron chi connectivity index (χ1n) is 10.9. The predicted molar refractivity (Wildman–Crippen MR) is 126 cm³/mol. The normalized spacial score (nSPS) is 15.3. The summed E-state index contributed by atoms with van der Waals surface area (Å²) in [6.45, 7) is 2.55. The van der Waals surface area contributed by atoms with Crippen LogP contribution in [0.1, 0.15) is 41.3 Å².